The van der Waals surface area contributed by atoms with Gasteiger partial charge in [-0.1, -0.05) is 30.7 Å². The normalized spacial score (nSPS) is 32.2. The minimum atomic E-state index is -2.75. The Morgan fingerprint density at radius 2 is 1.93 bits per heavy atom. The smallest absolute Gasteiger partial charge is 0.151 e. The molecule has 1 spiro atoms. The number of aliphatic hydroxyl groups is 1. The van der Waals surface area contributed by atoms with Gasteiger partial charge in [-0.15, -0.1) is 0 Å². The number of halogens is 1. The molecule has 0 amide bonds. The van der Waals surface area contributed by atoms with Gasteiger partial charge in [-0.2, -0.15) is 0 Å². The van der Waals surface area contributed by atoms with Crippen LogP contribution in [0.4, 0.5) is 0 Å². The van der Waals surface area contributed by atoms with Gasteiger partial charge in [0.15, 0.2) is 9.84 Å². The molecule has 1 N–H and O–H groups in total. The molecule has 1 aliphatic carbocycles. The van der Waals surface area contributed by atoms with E-state index in [1.807, 2.05) is 6.92 Å². The first-order valence-electron chi connectivity index (χ1n) is 11.0. The van der Waals surface area contributed by atoms with Crippen molar-refractivity contribution >= 4 is 21.4 Å². The lowest BCUT2D eigenvalue weighted by atomic mass is 9.77. The number of hydrogen-bond acceptors (Lipinski definition) is 4. The summed E-state index contributed by atoms with van der Waals surface area (Å²) in [6.45, 7) is 7.17. The molecule has 2 saturated heterocycles. The van der Waals surface area contributed by atoms with E-state index in [4.69, 9.17) is 11.6 Å². The molecule has 4 nitrogen and oxygen atoms in total. The molecule has 1 aromatic rings. The number of sulfone groups is 1. The summed E-state index contributed by atoms with van der Waals surface area (Å²) < 4.78 is 23.2. The van der Waals surface area contributed by atoms with Crippen molar-refractivity contribution in [3.05, 3.63) is 34.3 Å². The average molecular weight is 440 g/mol. The van der Waals surface area contributed by atoms with Crippen LogP contribution >= 0.6 is 11.6 Å². The van der Waals surface area contributed by atoms with Crippen LogP contribution in [-0.2, 0) is 16.3 Å². The molecule has 1 saturated carbocycles. The summed E-state index contributed by atoms with van der Waals surface area (Å²) in [5.41, 5.74) is 2.03. The predicted octanol–water partition coefficient (Wildman–Crippen LogP) is 4.05. The highest BCUT2D eigenvalue weighted by molar-refractivity contribution is 7.92. The van der Waals surface area contributed by atoms with Crippen LogP contribution in [0.25, 0.3) is 0 Å². The Kier molecular flexibility index (Phi) is 5.82. The second kappa shape index (κ2) is 7.81. The molecule has 29 heavy (non-hydrogen) atoms. The minimum absolute atomic E-state index is 0.0498. The van der Waals surface area contributed by atoms with E-state index in [-0.39, 0.29) is 5.41 Å². The Hall–Kier alpha value is -0.620. The molecule has 1 aromatic carbocycles. The van der Waals surface area contributed by atoms with Gasteiger partial charge in [0.25, 0.3) is 0 Å². The standard InChI is InChI=1S/C23H34ClNO3S/c1-17(13-25-10-9-23(14-25)15-29(27,28)16-23)11-18-3-4-20(21(24)12-18)19-5-7-22(2,26)8-6-19/h3-4,12,17,19,26H,5-11,13-16H2,1-2H3/t17-,19?,22?/m0/s1. The van der Waals surface area contributed by atoms with Crippen LogP contribution in [0.5, 0.6) is 0 Å². The van der Waals surface area contributed by atoms with Crippen molar-refractivity contribution in [2.24, 2.45) is 11.3 Å². The van der Waals surface area contributed by atoms with Gasteiger partial charge in [0.1, 0.15) is 0 Å². The van der Waals surface area contributed by atoms with Crippen molar-refractivity contribution in [1.29, 1.82) is 0 Å². The van der Waals surface area contributed by atoms with Gasteiger partial charge in [0, 0.05) is 23.5 Å². The fraction of sp³-hybridized carbons (Fsp3) is 0.739. The van der Waals surface area contributed by atoms with Crippen molar-refractivity contribution in [3.63, 3.8) is 0 Å². The minimum Gasteiger partial charge on any atom is -0.390 e. The Balaban J connectivity index is 1.30. The van der Waals surface area contributed by atoms with Crippen molar-refractivity contribution in [1.82, 2.24) is 4.90 Å². The van der Waals surface area contributed by atoms with E-state index in [2.05, 4.69) is 30.0 Å². The van der Waals surface area contributed by atoms with Crippen LogP contribution in [0.3, 0.4) is 0 Å². The van der Waals surface area contributed by atoms with E-state index in [1.165, 1.54) is 11.1 Å². The number of benzene rings is 1. The molecule has 0 unspecified atom stereocenters. The fourth-order valence-corrected chi connectivity index (χ4v) is 8.41. The number of likely N-dealkylation sites (tertiary alicyclic amines) is 1. The van der Waals surface area contributed by atoms with Crippen molar-refractivity contribution in [3.8, 4) is 0 Å². The molecule has 0 radical (unpaired) electrons. The third-order valence-corrected chi connectivity index (χ3v) is 9.72. The molecule has 0 aromatic heterocycles. The maximum Gasteiger partial charge on any atom is 0.151 e. The number of hydrogen-bond donors (Lipinski definition) is 1. The predicted molar refractivity (Wildman–Crippen MR) is 118 cm³/mol. The first kappa shape index (κ1) is 21.6. The molecular formula is C23H34ClNO3S. The lowest BCUT2D eigenvalue weighted by Gasteiger charge is -2.37. The summed E-state index contributed by atoms with van der Waals surface area (Å²) in [6.07, 6.45) is 5.68. The summed E-state index contributed by atoms with van der Waals surface area (Å²) in [6, 6.07) is 6.54. The van der Waals surface area contributed by atoms with Crippen LogP contribution in [0.2, 0.25) is 5.02 Å². The van der Waals surface area contributed by atoms with Crippen LogP contribution in [0, 0.1) is 11.3 Å². The SMILES string of the molecule is C[C@@H](Cc1ccc(C2CCC(C)(O)CC2)c(Cl)c1)CN1CCC2(C1)CS(=O)(=O)C2. The zero-order chi connectivity index (χ0) is 20.9. The fourth-order valence-electron chi connectivity index (χ4n) is 5.80. The van der Waals surface area contributed by atoms with Crippen LogP contribution in [-0.4, -0.2) is 55.2 Å². The molecule has 162 valence electrons. The zero-order valence-corrected chi connectivity index (χ0v) is 19.2. The van der Waals surface area contributed by atoms with Crippen molar-refractivity contribution in [2.75, 3.05) is 31.1 Å². The largest absolute Gasteiger partial charge is 0.390 e. The molecule has 2 heterocycles. The van der Waals surface area contributed by atoms with Gasteiger partial charge in [-0.05, 0) is 81.0 Å². The van der Waals surface area contributed by atoms with Crippen LogP contribution in [0.1, 0.15) is 63.0 Å². The van der Waals surface area contributed by atoms with Gasteiger partial charge < -0.3 is 10.0 Å². The van der Waals surface area contributed by atoms with E-state index < -0.39 is 15.4 Å². The van der Waals surface area contributed by atoms with Gasteiger partial charge in [-0.3, -0.25) is 0 Å². The number of rotatable bonds is 5. The van der Waals surface area contributed by atoms with Crippen molar-refractivity contribution < 1.29 is 13.5 Å². The van der Waals surface area contributed by atoms with E-state index in [0.717, 1.165) is 63.2 Å². The highest BCUT2D eigenvalue weighted by atomic mass is 35.5. The highest BCUT2D eigenvalue weighted by Crippen LogP contribution is 2.42. The Labute approximate surface area is 180 Å². The summed E-state index contributed by atoms with van der Waals surface area (Å²) in [4.78, 5) is 2.45. The lowest BCUT2D eigenvalue weighted by molar-refractivity contribution is 0.0172. The Morgan fingerprint density at radius 1 is 1.24 bits per heavy atom. The molecule has 0 bridgehead atoms. The molecule has 3 fully saturated rings. The summed E-state index contributed by atoms with van der Waals surface area (Å²) in [7, 11) is -2.75. The van der Waals surface area contributed by atoms with E-state index in [1.54, 1.807) is 0 Å². The monoisotopic (exact) mass is 439 g/mol. The second-order valence-corrected chi connectivity index (χ2v) is 12.9. The third-order valence-electron chi connectivity index (χ3n) is 7.29. The molecular weight excluding hydrogens is 406 g/mol. The van der Waals surface area contributed by atoms with Crippen LogP contribution in [0.15, 0.2) is 18.2 Å². The lowest BCUT2D eigenvalue weighted by Crippen LogP contribution is -2.50. The molecule has 2 aliphatic heterocycles. The maximum absolute atomic E-state index is 11.6. The Morgan fingerprint density at radius 3 is 2.55 bits per heavy atom. The van der Waals surface area contributed by atoms with Crippen LogP contribution < -0.4 is 0 Å². The topological polar surface area (TPSA) is 57.6 Å². The maximum atomic E-state index is 11.6. The molecule has 1 atom stereocenters. The van der Waals surface area contributed by atoms with E-state index >= 15 is 0 Å². The Bertz CT molecular complexity index is 845. The highest BCUT2D eigenvalue weighted by Gasteiger charge is 2.51. The summed E-state index contributed by atoms with van der Waals surface area (Å²) in [5, 5.41) is 11.0. The van der Waals surface area contributed by atoms with Gasteiger partial charge >= 0.3 is 0 Å². The number of nitrogens with zero attached hydrogens (tertiary/aromatic N) is 1. The quantitative estimate of drug-likeness (QED) is 0.751. The first-order chi connectivity index (χ1) is 13.5. The first-order valence-corrected chi connectivity index (χ1v) is 13.2. The average Bonchev–Trinajstić information content (AvgIpc) is 2.97. The van der Waals surface area contributed by atoms with E-state index in [9.17, 15) is 13.5 Å². The zero-order valence-electron chi connectivity index (χ0n) is 17.7. The summed E-state index contributed by atoms with van der Waals surface area (Å²) in [5.74, 6) is 1.74. The van der Waals surface area contributed by atoms with Gasteiger partial charge in [-0.25, -0.2) is 8.42 Å². The van der Waals surface area contributed by atoms with Gasteiger partial charge in [0.2, 0.25) is 0 Å². The van der Waals surface area contributed by atoms with Crippen molar-refractivity contribution in [2.45, 2.75) is 63.9 Å². The van der Waals surface area contributed by atoms with Gasteiger partial charge in [0.05, 0.1) is 17.1 Å². The molecule has 4 rings (SSSR count). The molecule has 6 heteroatoms. The summed E-state index contributed by atoms with van der Waals surface area (Å²) >= 11 is 6.65. The third kappa shape index (κ3) is 5.00. The van der Waals surface area contributed by atoms with E-state index in [0.29, 0.717) is 23.3 Å². The molecule has 3 aliphatic rings. The second-order valence-electron chi connectivity index (χ2n) is 10.5.